The molecule has 2 nitrogen and oxygen atoms in total. The van der Waals surface area contributed by atoms with E-state index in [1.54, 1.807) is 0 Å². The zero-order valence-corrected chi connectivity index (χ0v) is 22.8. The van der Waals surface area contributed by atoms with E-state index in [2.05, 4.69) is 63.7 Å². The van der Waals surface area contributed by atoms with Crippen LogP contribution in [0.2, 0.25) is 0 Å². The Balaban J connectivity index is 2.48. The molecule has 0 saturated heterocycles. The SMILES string of the molecule is Cc1c(O)c(C)c(Br)c(C2(c3c(Br)c(C)c(O)c(C)c3Br)CCCCC2)c1Br. The molecule has 1 aliphatic carbocycles. The molecule has 0 atom stereocenters. The van der Waals surface area contributed by atoms with E-state index in [9.17, 15) is 10.2 Å². The minimum atomic E-state index is -0.236. The van der Waals surface area contributed by atoms with Gasteiger partial charge in [0.05, 0.1) is 0 Å². The molecule has 0 unspecified atom stereocenters. The first-order valence-electron chi connectivity index (χ1n) is 9.41. The summed E-state index contributed by atoms with van der Waals surface area (Å²) in [7, 11) is 0. The van der Waals surface area contributed by atoms with Crippen molar-refractivity contribution in [3.8, 4) is 11.5 Å². The van der Waals surface area contributed by atoms with Gasteiger partial charge in [0.15, 0.2) is 0 Å². The Morgan fingerprint density at radius 1 is 0.571 bits per heavy atom. The largest absolute Gasteiger partial charge is 0.507 e. The predicted octanol–water partition coefficient (Wildman–Crippen LogP) is 8.63. The Kier molecular flexibility index (Phi) is 6.66. The summed E-state index contributed by atoms with van der Waals surface area (Å²) in [6.07, 6.45) is 5.51. The van der Waals surface area contributed by atoms with Crippen molar-refractivity contribution in [3.05, 3.63) is 51.3 Å². The molecular formula is C22H24Br4O2. The molecule has 0 amide bonds. The third kappa shape index (κ3) is 3.30. The van der Waals surface area contributed by atoms with Crippen LogP contribution in [0.25, 0.3) is 0 Å². The third-order valence-electron chi connectivity index (χ3n) is 6.28. The molecule has 0 spiro atoms. The highest BCUT2D eigenvalue weighted by molar-refractivity contribution is 9.11. The Morgan fingerprint density at radius 3 is 1.14 bits per heavy atom. The molecule has 0 bridgehead atoms. The van der Waals surface area contributed by atoms with Crippen LogP contribution in [-0.4, -0.2) is 10.2 Å². The lowest BCUT2D eigenvalue weighted by Crippen LogP contribution is -2.33. The molecule has 152 valence electrons. The number of phenols is 2. The highest BCUT2D eigenvalue weighted by Crippen LogP contribution is 2.57. The number of phenolic OH excluding ortho intramolecular Hbond substituents is 2. The summed E-state index contributed by atoms with van der Waals surface area (Å²) in [6.45, 7) is 7.82. The van der Waals surface area contributed by atoms with Crippen LogP contribution in [0.5, 0.6) is 11.5 Å². The molecule has 0 aliphatic heterocycles. The van der Waals surface area contributed by atoms with Gasteiger partial charge in [-0.1, -0.05) is 83.0 Å². The number of halogens is 4. The molecule has 2 aromatic rings. The van der Waals surface area contributed by atoms with Crippen molar-refractivity contribution >= 4 is 63.7 Å². The van der Waals surface area contributed by atoms with Gasteiger partial charge in [-0.2, -0.15) is 0 Å². The van der Waals surface area contributed by atoms with Gasteiger partial charge in [0.1, 0.15) is 11.5 Å². The maximum Gasteiger partial charge on any atom is 0.123 e. The molecule has 0 aromatic heterocycles. The van der Waals surface area contributed by atoms with E-state index in [1.807, 2.05) is 27.7 Å². The second kappa shape index (κ2) is 8.24. The minimum Gasteiger partial charge on any atom is -0.507 e. The zero-order chi connectivity index (χ0) is 21.0. The van der Waals surface area contributed by atoms with Crippen molar-refractivity contribution in [2.45, 2.75) is 65.2 Å². The smallest absolute Gasteiger partial charge is 0.123 e. The lowest BCUT2D eigenvalue weighted by Gasteiger charge is -2.42. The van der Waals surface area contributed by atoms with Crippen LogP contribution in [0.3, 0.4) is 0 Å². The fourth-order valence-electron chi connectivity index (χ4n) is 4.54. The van der Waals surface area contributed by atoms with Crippen molar-refractivity contribution < 1.29 is 10.2 Å². The summed E-state index contributed by atoms with van der Waals surface area (Å²) in [5, 5.41) is 21.1. The Labute approximate surface area is 200 Å². The Morgan fingerprint density at radius 2 is 0.857 bits per heavy atom. The van der Waals surface area contributed by atoms with E-state index >= 15 is 0 Å². The quantitative estimate of drug-likeness (QED) is 0.345. The van der Waals surface area contributed by atoms with Crippen LogP contribution in [0.4, 0.5) is 0 Å². The molecule has 0 heterocycles. The van der Waals surface area contributed by atoms with Gasteiger partial charge < -0.3 is 10.2 Å². The molecule has 6 heteroatoms. The van der Waals surface area contributed by atoms with Crippen molar-refractivity contribution in [2.75, 3.05) is 0 Å². The summed E-state index contributed by atoms with van der Waals surface area (Å²) in [6, 6.07) is 0. The second-order valence-corrected chi connectivity index (χ2v) is 11.0. The molecule has 0 radical (unpaired) electrons. The predicted molar refractivity (Wildman–Crippen MR) is 130 cm³/mol. The minimum absolute atomic E-state index is 0.236. The number of rotatable bonds is 2. The van der Waals surface area contributed by atoms with Gasteiger partial charge in [-0.3, -0.25) is 0 Å². The van der Waals surface area contributed by atoms with E-state index in [4.69, 9.17) is 0 Å². The lowest BCUT2D eigenvalue weighted by atomic mass is 9.64. The van der Waals surface area contributed by atoms with E-state index in [1.165, 1.54) is 17.5 Å². The van der Waals surface area contributed by atoms with Crippen LogP contribution in [0, 0.1) is 27.7 Å². The lowest BCUT2D eigenvalue weighted by molar-refractivity contribution is 0.339. The molecule has 3 rings (SSSR count). The third-order valence-corrected chi connectivity index (χ3v) is 10.2. The van der Waals surface area contributed by atoms with Gasteiger partial charge in [-0.05, 0) is 51.7 Å². The van der Waals surface area contributed by atoms with Gasteiger partial charge in [-0.15, -0.1) is 0 Å². The average molecular weight is 640 g/mol. The standard InChI is InChI=1S/C22H24Br4O2/c1-10-16(23)14(17(24)11(2)20(10)27)22(8-6-5-7-9-22)15-18(25)12(3)21(28)13(4)19(15)26/h27-28H,5-9H2,1-4H3. The first-order chi connectivity index (χ1) is 13.1. The van der Waals surface area contributed by atoms with Gasteiger partial charge in [-0.25, -0.2) is 0 Å². The maximum absolute atomic E-state index is 10.6. The summed E-state index contributed by atoms with van der Waals surface area (Å²) in [5.74, 6) is 0.648. The van der Waals surface area contributed by atoms with Crippen LogP contribution >= 0.6 is 63.7 Å². The summed E-state index contributed by atoms with van der Waals surface area (Å²) in [5.41, 5.74) is 5.58. The van der Waals surface area contributed by atoms with Gasteiger partial charge in [0.25, 0.3) is 0 Å². The van der Waals surface area contributed by atoms with Crippen molar-refractivity contribution in [3.63, 3.8) is 0 Å². The van der Waals surface area contributed by atoms with Crippen LogP contribution in [0.15, 0.2) is 17.9 Å². The van der Waals surface area contributed by atoms with Crippen molar-refractivity contribution in [1.82, 2.24) is 0 Å². The van der Waals surface area contributed by atoms with E-state index in [0.717, 1.165) is 65.8 Å². The second-order valence-electron chi connectivity index (χ2n) is 7.85. The maximum atomic E-state index is 10.6. The van der Waals surface area contributed by atoms with Crippen LogP contribution < -0.4 is 0 Å². The van der Waals surface area contributed by atoms with Crippen LogP contribution in [-0.2, 0) is 5.41 Å². The molecule has 1 aliphatic rings. The van der Waals surface area contributed by atoms with Gasteiger partial charge >= 0.3 is 0 Å². The Bertz CT molecular complexity index is 830. The fourth-order valence-corrected chi connectivity index (χ4v) is 8.14. The van der Waals surface area contributed by atoms with E-state index in [0.29, 0.717) is 11.5 Å². The number of hydrogen-bond acceptors (Lipinski definition) is 2. The van der Waals surface area contributed by atoms with Crippen molar-refractivity contribution in [1.29, 1.82) is 0 Å². The van der Waals surface area contributed by atoms with Gasteiger partial charge in [0, 0.05) is 45.6 Å². The molecule has 1 saturated carbocycles. The average Bonchev–Trinajstić information content (AvgIpc) is 2.68. The molecular weight excluding hydrogens is 616 g/mol. The summed E-state index contributed by atoms with van der Waals surface area (Å²) in [4.78, 5) is 0. The van der Waals surface area contributed by atoms with Crippen molar-refractivity contribution in [2.24, 2.45) is 0 Å². The number of aromatic hydroxyl groups is 2. The zero-order valence-electron chi connectivity index (χ0n) is 16.4. The fraction of sp³-hybridized carbons (Fsp3) is 0.455. The van der Waals surface area contributed by atoms with E-state index < -0.39 is 0 Å². The number of hydrogen-bond donors (Lipinski definition) is 2. The summed E-state index contributed by atoms with van der Waals surface area (Å²) >= 11 is 15.3. The summed E-state index contributed by atoms with van der Waals surface area (Å²) < 4.78 is 3.80. The first kappa shape index (κ1) is 22.6. The Hall–Kier alpha value is -0.0400. The highest BCUT2D eigenvalue weighted by Gasteiger charge is 2.43. The monoisotopic (exact) mass is 636 g/mol. The molecule has 2 N–H and O–H groups in total. The van der Waals surface area contributed by atoms with Gasteiger partial charge in [0.2, 0.25) is 0 Å². The normalized spacial score (nSPS) is 16.4. The molecule has 2 aromatic carbocycles. The molecule has 28 heavy (non-hydrogen) atoms. The first-order valence-corrected chi connectivity index (χ1v) is 12.6. The molecule has 1 fully saturated rings. The number of benzene rings is 2. The topological polar surface area (TPSA) is 40.5 Å². The highest BCUT2D eigenvalue weighted by atomic mass is 79.9. The van der Waals surface area contributed by atoms with Crippen LogP contribution in [0.1, 0.15) is 65.5 Å². The van der Waals surface area contributed by atoms with E-state index in [-0.39, 0.29) is 5.41 Å².